The largest absolute Gasteiger partial charge is 0.340 e. The van der Waals surface area contributed by atoms with Gasteiger partial charge in [0.05, 0.1) is 0 Å². The molecule has 5 heteroatoms. The fourth-order valence-corrected chi connectivity index (χ4v) is 1.44. The molecule has 0 bridgehead atoms. The third-order valence-electron chi connectivity index (χ3n) is 2.10. The second-order valence-electron chi connectivity index (χ2n) is 3.31. The molecule has 0 unspecified atom stereocenters. The zero-order chi connectivity index (χ0) is 11.5. The first kappa shape index (κ1) is 10.8. The summed E-state index contributed by atoms with van der Waals surface area (Å²) in [6.07, 6.45) is 1.16. The molecule has 0 amide bonds. The molecular formula is C11H9ClFN3. The van der Waals surface area contributed by atoms with E-state index in [0.717, 1.165) is 17.6 Å². The van der Waals surface area contributed by atoms with E-state index in [9.17, 15) is 4.39 Å². The van der Waals surface area contributed by atoms with E-state index >= 15 is 0 Å². The standard InChI is InChI=1S/C11H9ClFN3/c1-7-2-3-8(12)4-9(7)16-11-5-10(13)14-6-15-11/h2-6H,1H3,(H,14,15,16). The zero-order valence-electron chi connectivity index (χ0n) is 8.54. The van der Waals surface area contributed by atoms with Gasteiger partial charge in [0, 0.05) is 16.8 Å². The Kier molecular flexibility index (Phi) is 3.01. The number of nitrogens with one attached hydrogen (secondary N) is 1. The van der Waals surface area contributed by atoms with Crippen molar-refractivity contribution in [3.05, 3.63) is 47.1 Å². The summed E-state index contributed by atoms with van der Waals surface area (Å²) in [5, 5.41) is 3.59. The average Bonchev–Trinajstić information content (AvgIpc) is 2.24. The van der Waals surface area contributed by atoms with Gasteiger partial charge in [0.1, 0.15) is 12.1 Å². The SMILES string of the molecule is Cc1ccc(Cl)cc1Nc1cc(F)ncn1. The summed E-state index contributed by atoms with van der Waals surface area (Å²) in [6, 6.07) is 6.65. The highest BCUT2D eigenvalue weighted by molar-refractivity contribution is 6.30. The highest BCUT2D eigenvalue weighted by Crippen LogP contribution is 2.23. The van der Waals surface area contributed by atoms with Crippen molar-refractivity contribution in [3.63, 3.8) is 0 Å². The smallest absolute Gasteiger partial charge is 0.218 e. The Morgan fingerprint density at radius 3 is 2.81 bits per heavy atom. The maximum atomic E-state index is 12.8. The van der Waals surface area contributed by atoms with Crippen LogP contribution in [-0.4, -0.2) is 9.97 Å². The molecule has 1 heterocycles. The summed E-state index contributed by atoms with van der Waals surface area (Å²) < 4.78 is 12.8. The van der Waals surface area contributed by atoms with E-state index in [2.05, 4.69) is 15.3 Å². The van der Waals surface area contributed by atoms with E-state index in [0.29, 0.717) is 10.8 Å². The molecule has 0 radical (unpaired) electrons. The summed E-state index contributed by atoms with van der Waals surface area (Å²) in [5.41, 5.74) is 1.80. The molecule has 1 N–H and O–H groups in total. The Morgan fingerprint density at radius 2 is 2.06 bits per heavy atom. The number of benzene rings is 1. The molecule has 16 heavy (non-hydrogen) atoms. The number of aromatic nitrogens is 2. The number of rotatable bonds is 2. The minimum atomic E-state index is -0.572. The molecule has 0 saturated heterocycles. The van der Waals surface area contributed by atoms with E-state index < -0.39 is 5.95 Å². The molecule has 0 aliphatic rings. The average molecular weight is 238 g/mol. The van der Waals surface area contributed by atoms with Crippen LogP contribution in [0.1, 0.15) is 5.56 Å². The second-order valence-corrected chi connectivity index (χ2v) is 3.75. The van der Waals surface area contributed by atoms with Gasteiger partial charge in [-0.2, -0.15) is 4.39 Å². The third-order valence-corrected chi connectivity index (χ3v) is 2.33. The molecule has 0 atom stereocenters. The van der Waals surface area contributed by atoms with Gasteiger partial charge in [0.25, 0.3) is 0 Å². The first-order chi connectivity index (χ1) is 7.65. The van der Waals surface area contributed by atoms with Crippen LogP contribution in [0.4, 0.5) is 15.9 Å². The Labute approximate surface area is 97.3 Å². The van der Waals surface area contributed by atoms with Crippen molar-refractivity contribution >= 4 is 23.1 Å². The Morgan fingerprint density at radius 1 is 1.25 bits per heavy atom. The van der Waals surface area contributed by atoms with Gasteiger partial charge in [-0.15, -0.1) is 0 Å². The van der Waals surface area contributed by atoms with Gasteiger partial charge in [-0.3, -0.25) is 0 Å². The van der Waals surface area contributed by atoms with Gasteiger partial charge in [-0.1, -0.05) is 17.7 Å². The molecule has 2 aromatic rings. The van der Waals surface area contributed by atoms with E-state index in [1.165, 1.54) is 6.07 Å². The molecule has 1 aromatic carbocycles. The summed E-state index contributed by atoms with van der Waals surface area (Å²) in [7, 11) is 0. The van der Waals surface area contributed by atoms with E-state index in [1.807, 2.05) is 13.0 Å². The van der Waals surface area contributed by atoms with Crippen molar-refractivity contribution in [1.29, 1.82) is 0 Å². The van der Waals surface area contributed by atoms with E-state index in [1.54, 1.807) is 12.1 Å². The van der Waals surface area contributed by atoms with Crippen molar-refractivity contribution in [2.24, 2.45) is 0 Å². The van der Waals surface area contributed by atoms with Crippen LogP contribution >= 0.6 is 11.6 Å². The molecule has 1 aromatic heterocycles. The van der Waals surface area contributed by atoms with Crippen LogP contribution in [0.15, 0.2) is 30.6 Å². The Bertz CT molecular complexity index is 516. The lowest BCUT2D eigenvalue weighted by Crippen LogP contribution is -1.97. The molecule has 3 nitrogen and oxygen atoms in total. The topological polar surface area (TPSA) is 37.8 Å². The van der Waals surface area contributed by atoms with Crippen LogP contribution in [0.5, 0.6) is 0 Å². The van der Waals surface area contributed by atoms with Gasteiger partial charge < -0.3 is 5.32 Å². The maximum Gasteiger partial charge on any atom is 0.218 e. The van der Waals surface area contributed by atoms with Crippen molar-refractivity contribution in [3.8, 4) is 0 Å². The highest BCUT2D eigenvalue weighted by Gasteiger charge is 2.02. The summed E-state index contributed by atoms with van der Waals surface area (Å²) in [5.74, 6) is -0.171. The maximum absolute atomic E-state index is 12.8. The number of halogens is 2. The highest BCUT2D eigenvalue weighted by atomic mass is 35.5. The monoisotopic (exact) mass is 237 g/mol. The molecule has 0 aliphatic carbocycles. The van der Waals surface area contributed by atoms with Crippen molar-refractivity contribution in [2.45, 2.75) is 6.92 Å². The second kappa shape index (κ2) is 4.45. The van der Waals surface area contributed by atoms with Crippen molar-refractivity contribution in [1.82, 2.24) is 9.97 Å². The predicted octanol–water partition coefficient (Wildman–Crippen LogP) is 3.32. The quantitative estimate of drug-likeness (QED) is 0.815. The normalized spacial score (nSPS) is 10.2. The van der Waals surface area contributed by atoms with Crippen LogP contribution < -0.4 is 5.32 Å². The minimum absolute atomic E-state index is 0.401. The van der Waals surface area contributed by atoms with Crippen LogP contribution in [0.25, 0.3) is 0 Å². The lowest BCUT2D eigenvalue weighted by molar-refractivity contribution is 0.580. The van der Waals surface area contributed by atoms with E-state index in [-0.39, 0.29) is 0 Å². The first-order valence-electron chi connectivity index (χ1n) is 4.66. The number of anilines is 2. The summed E-state index contributed by atoms with van der Waals surface area (Å²) >= 11 is 5.87. The molecular weight excluding hydrogens is 229 g/mol. The van der Waals surface area contributed by atoms with Crippen LogP contribution in [-0.2, 0) is 0 Å². The van der Waals surface area contributed by atoms with Crippen molar-refractivity contribution in [2.75, 3.05) is 5.32 Å². The fourth-order valence-electron chi connectivity index (χ4n) is 1.27. The number of hydrogen-bond acceptors (Lipinski definition) is 3. The molecule has 0 saturated carbocycles. The predicted molar refractivity (Wildman–Crippen MR) is 61.5 cm³/mol. The van der Waals surface area contributed by atoms with Crippen molar-refractivity contribution < 1.29 is 4.39 Å². The minimum Gasteiger partial charge on any atom is -0.340 e. The molecule has 82 valence electrons. The molecule has 0 spiro atoms. The van der Waals surface area contributed by atoms with Gasteiger partial charge in [0.2, 0.25) is 5.95 Å². The van der Waals surface area contributed by atoms with Gasteiger partial charge in [-0.05, 0) is 24.6 Å². The number of hydrogen-bond donors (Lipinski definition) is 1. The number of aryl methyl sites for hydroxylation is 1. The number of nitrogens with zero attached hydrogens (tertiary/aromatic N) is 2. The van der Waals surface area contributed by atoms with Gasteiger partial charge >= 0.3 is 0 Å². The summed E-state index contributed by atoms with van der Waals surface area (Å²) in [6.45, 7) is 1.93. The first-order valence-corrected chi connectivity index (χ1v) is 5.03. The lowest BCUT2D eigenvalue weighted by Gasteiger charge is -2.08. The zero-order valence-corrected chi connectivity index (χ0v) is 9.29. The Hall–Kier alpha value is -1.68. The third kappa shape index (κ3) is 2.46. The Balaban J connectivity index is 2.30. The van der Waals surface area contributed by atoms with Gasteiger partial charge in [-0.25, -0.2) is 9.97 Å². The van der Waals surface area contributed by atoms with Crippen LogP contribution in [0, 0.1) is 12.9 Å². The molecule has 0 fully saturated rings. The van der Waals surface area contributed by atoms with E-state index in [4.69, 9.17) is 11.6 Å². The van der Waals surface area contributed by atoms with Gasteiger partial charge in [0.15, 0.2) is 0 Å². The lowest BCUT2D eigenvalue weighted by atomic mass is 10.2. The molecule has 2 rings (SSSR count). The molecule has 0 aliphatic heterocycles. The summed E-state index contributed by atoms with van der Waals surface area (Å²) in [4.78, 5) is 7.28. The van der Waals surface area contributed by atoms with Crippen LogP contribution in [0.3, 0.4) is 0 Å². The fraction of sp³-hybridized carbons (Fsp3) is 0.0909. The van der Waals surface area contributed by atoms with Crippen LogP contribution in [0.2, 0.25) is 5.02 Å².